The number of rotatable bonds is 1. The second-order valence-electron chi connectivity index (χ2n) is 8.18. The van der Waals surface area contributed by atoms with Gasteiger partial charge >= 0.3 is 0 Å². The molecule has 2 heterocycles. The molecule has 2 aliphatic heterocycles. The summed E-state index contributed by atoms with van der Waals surface area (Å²) in [5, 5.41) is 3.81. The van der Waals surface area contributed by atoms with Gasteiger partial charge in [0.2, 0.25) is 0 Å². The van der Waals surface area contributed by atoms with E-state index in [0.717, 1.165) is 13.0 Å². The molecular formula is C22H27NO. The molecule has 3 atom stereocenters. The van der Waals surface area contributed by atoms with E-state index in [9.17, 15) is 0 Å². The summed E-state index contributed by atoms with van der Waals surface area (Å²) in [6, 6.07) is 18.0. The summed E-state index contributed by atoms with van der Waals surface area (Å²) in [5.74, 6) is 0.504. The smallest absolute Gasteiger partial charge is 0.0895 e. The fourth-order valence-corrected chi connectivity index (χ4v) is 4.13. The minimum Gasteiger partial charge on any atom is -0.378 e. The van der Waals surface area contributed by atoms with Crippen LogP contribution in [0.25, 0.3) is 0 Å². The Morgan fingerprint density at radius 1 is 1.04 bits per heavy atom. The Labute approximate surface area is 145 Å². The maximum absolute atomic E-state index is 6.29. The standard InChI is InChI=1S/C22H27NO/c1-22(2,3)16-11-12-19-18(14-16)21-17(10-7-13-24-21)20(23-19)15-8-5-4-6-9-15/h4-6,8-9,11-12,14,17,20-21,23H,7,10,13H2,1-3H3/t17-,20-,21-/m0/s1. The third-order valence-corrected chi connectivity index (χ3v) is 5.49. The number of benzene rings is 2. The molecular weight excluding hydrogens is 294 g/mol. The van der Waals surface area contributed by atoms with Gasteiger partial charge in [-0.2, -0.15) is 0 Å². The molecule has 2 aromatic carbocycles. The van der Waals surface area contributed by atoms with Crippen LogP contribution in [0.4, 0.5) is 5.69 Å². The predicted octanol–water partition coefficient (Wildman–Crippen LogP) is 5.62. The molecule has 0 saturated carbocycles. The Hall–Kier alpha value is -1.80. The van der Waals surface area contributed by atoms with Crippen LogP contribution in [-0.2, 0) is 10.2 Å². The first-order chi connectivity index (χ1) is 11.5. The summed E-state index contributed by atoms with van der Waals surface area (Å²) < 4.78 is 6.29. The van der Waals surface area contributed by atoms with Gasteiger partial charge in [0, 0.05) is 23.8 Å². The first-order valence-electron chi connectivity index (χ1n) is 9.11. The number of ether oxygens (including phenoxy) is 1. The molecule has 1 fully saturated rings. The van der Waals surface area contributed by atoms with Gasteiger partial charge in [-0.1, -0.05) is 63.2 Å². The second-order valence-corrected chi connectivity index (χ2v) is 8.18. The molecule has 1 saturated heterocycles. The lowest BCUT2D eigenvalue weighted by molar-refractivity contribution is -0.0382. The van der Waals surface area contributed by atoms with Gasteiger partial charge in [-0.25, -0.2) is 0 Å². The van der Waals surface area contributed by atoms with E-state index in [1.807, 2.05) is 0 Å². The lowest BCUT2D eigenvalue weighted by Gasteiger charge is -2.44. The molecule has 0 amide bonds. The summed E-state index contributed by atoms with van der Waals surface area (Å²) in [4.78, 5) is 0. The normalized spacial score (nSPS) is 26.2. The quantitative estimate of drug-likeness (QED) is 0.736. The summed E-state index contributed by atoms with van der Waals surface area (Å²) in [5.41, 5.74) is 5.49. The van der Waals surface area contributed by atoms with Crippen LogP contribution in [0.3, 0.4) is 0 Å². The zero-order valence-corrected chi connectivity index (χ0v) is 14.9. The lowest BCUT2D eigenvalue weighted by Crippen LogP contribution is -2.36. The van der Waals surface area contributed by atoms with Crippen molar-refractivity contribution in [3.8, 4) is 0 Å². The molecule has 0 spiro atoms. The molecule has 126 valence electrons. The summed E-state index contributed by atoms with van der Waals surface area (Å²) >= 11 is 0. The molecule has 0 radical (unpaired) electrons. The first-order valence-corrected chi connectivity index (χ1v) is 9.11. The molecule has 2 nitrogen and oxygen atoms in total. The highest BCUT2D eigenvalue weighted by Crippen LogP contribution is 2.49. The number of fused-ring (bicyclic) bond motifs is 3. The fraction of sp³-hybridized carbons (Fsp3) is 0.455. The van der Waals surface area contributed by atoms with Crippen molar-refractivity contribution in [1.29, 1.82) is 0 Å². The highest BCUT2D eigenvalue weighted by molar-refractivity contribution is 5.59. The van der Waals surface area contributed by atoms with Gasteiger partial charge in [0.25, 0.3) is 0 Å². The number of anilines is 1. The first kappa shape index (κ1) is 15.7. The van der Waals surface area contributed by atoms with Crippen LogP contribution in [0.5, 0.6) is 0 Å². The topological polar surface area (TPSA) is 21.3 Å². The van der Waals surface area contributed by atoms with Gasteiger partial charge in [-0.3, -0.25) is 0 Å². The van der Waals surface area contributed by atoms with Gasteiger partial charge in [-0.05, 0) is 35.4 Å². The minimum absolute atomic E-state index is 0.162. The highest BCUT2D eigenvalue weighted by Gasteiger charge is 2.40. The molecule has 0 aliphatic carbocycles. The van der Waals surface area contributed by atoms with Gasteiger partial charge in [-0.15, -0.1) is 0 Å². The van der Waals surface area contributed by atoms with Crippen molar-refractivity contribution in [1.82, 2.24) is 0 Å². The monoisotopic (exact) mass is 321 g/mol. The van der Waals surface area contributed by atoms with Gasteiger partial charge < -0.3 is 10.1 Å². The van der Waals surface area contributed by atoms with Crippen molar-refractivity contribution in [3.05, 3.63) is 65.2 Å². The minimum atomic E-state index is 0.162. The van der Waals surface area contributed by atoms with Gasteiger partial charge in [0.05, 0.1) is 12.1 Å². The van der Waals surface area contributed by atoms with Crippen molar-refractivity contribution in [2.45, 2.75) is 51.2 Å². The Morgan fingerprint density at radius 3 is 2.58 bits per heavy atom. The summed E-state index contributed by atoms with van der Waals surface area (Å²) in [7, 11) is 0. The zero-order chi connectivity index (χ0) is 16.7. The van der Waals surface area contributed by atoms with Gasteiger partial charge in [0.1, 0.15) is 0 Å². The van der Waals surface area contributed by atoms with Crippen molar-refractivity contribution in [2.75, 3.05) is 11.9 Å². The molecule has 24 heavy (non-hydrogen) atoms. The second kappa shape index (κ2) is 5.93. The highest BCUT2D eigenvalue weighted by atomic mass is 16.5. The van der Waals surface area contributed by atoms with Crippen LogP contribution in [0.15, 0.2) is 48.5 Å². The predicted molar refractivity (Wildman–Crippen MR) is 99.4 cm³/mol. The third-order valence-electron chi connectivity index (χ3n) is 5.49. The van der Waals surface area contributed by atoms with E-state index >= 15 is 0 Å². The summed E-state index contributed by atoms with van der Waals surface area (Å²) in [6.45, 7) is 7.70. The van der Waals surface area contributed by atoms with E-state index in [-0.39, 0.29) is 11.5 Å². The van der Waals surface area contributed by atoms with E-state index in [1.165, 1.54) is 28.8 Å². The fourth-order valence-electron chi connectivity index (χ4n) is 4.13. The van der Waals surface area contributed by atoms with Crippen molar-refractivity contribution in [2.24, 2.45) is 5.92 Å². The Kier molecular flexibility index (Phi) is 3.88. The molecule has 4 rings (SSSR count). The lowest BCUT2D eigenvalue weighted by atomic mass is 9.76. The summed E-state index contributed by atoms with van der Waals surface area (Å²) in [6.07, 6.45) is 2.58. The number of hydrogen-bond acceptors (Lipinski definition) is 2. The Bertz CT molecular complexity index is 716. The molecule has 2 heteroatoms. The van der Waals surface area contributed by atoms with Crippen LogP contribution in [0.2, 0.25) is 0 Å². The average molecular weight is 321 g/mol. The van der Waals surface area contributed by atoms with E-state index < -0.39 is 0 Å². The van der Waals surface area contributed by atoms with Gasteiger partial charge in [0.15, 0.2) is 0 Å². The van der Waals surface area contributed by atoms with E-state index in [1.54, 1.807) is 0 Å². The molecule has 0 aromatic heterocycles. The Balaban J connectivity index is 1.77. The van der Waals surface area contributed by atoms with Crippen molar-refractivity contribution in [3.63, 3.8) is 0 Å². The Morgan fingerprint density at radius 2 is 1.83 bits per heavy atom. The van der Waals surface area contributed by atoms with Crippen LogP contribution >= 0.6 is 0 Å². The van der Waals surface area contributed by atoms with E-state index in [4.69, 9.17) is 4.74 Å². The molecule has 1 N–H and O–H groups in total. The molecule has 0 unspecified atom stereocenters. The van der Waals surface area contributed by atoms with Crippen molar-refractivity contribution >= 4 is 5.69 Å². The maximum atomic E-state index is 6.29. The number of nitrogens with one attached hydrogen (secondary N) is 1. The van der Waals surface area contributed by atoms with E-state index in [2.05, 4.69) is 74.6 Å². The molecule has 2 aromatic rings. The number of hydrogen-bond donors (Lipinski definition) is 1. The van der Waals surface area contributed by atoms with Crippen LogP contribution < -0.4 is 5.32 Å². The molecule has 2 aliphatic rings. The zero-order valence-electron chi connectivity index (χ0n) is 14.9. The largest absolute Gasteiger partial charge is 0.378 e. The molecule has 0 bridgehead atoms. The van der Waals surface area contributed by atoms with E-state index in [0.29, 0.717) is 12.0 Å². The SMILES string of the molecule is CC(C)(C)c1ccc2c(c1)[C@H]1OCCC[C@H]1[C@H](c1ccccc1)N2. The maximum Gasteiger partial charge on any atom is 0.0895 e. The third kappa shape index (κ3) is 2.73. The van der Waals surface area contributed by atoms with Crippen LogP contribution in [0, 0.1) is 5.92 Å². The average Bonchev–Trinajstić information content (AvgIpc) is 2.60. The van der Waals surface area contributed by atoms with Crippen molar-refractivity contribution < 1.29 is 4.74 Å². The van der Waals surface area contributed by atoms with Crippen LogP contribution in [0.1, 0.15) is 62.4 Å². The van der Waals surface area contributed by atoms with Crippen LogP contribution in [-0.4, -0.2) is 6.61 Å².